The molecule has 0 heterocycles. The summed E-state index contributed by atoms with van der Waals surface area (Å²) in [6, 6.07) is 11.3. The predicted molar refractivity (Wildman–Crippen MR) is 119 cm³/mol. The van der Waals surface area contributed by atoms with Gasteiger partial charge in [0, 0.05) is 0 Å². The van der Waals surface area contributed by atoms with Crippen LogP contribution in [0.4, 0.5) is 0 Å². The Morgan fingerprint density at radius 3 is 2.52 bits per heavy atom. The number of hydrogen-bond donors (Lipinski definition) is 1. The van der Waals surface area contributed by atoms with Crippen LogP contribution in [0.15, 0.2) is 42.0 Å². The first-order valence-corrected chi connectivity index (χ1v) is 12.6. The summed E-state index contributed by atoms with van der Waals surface area (Å²) in [5, 5.41) is 12.1. The van der Waals surface area contributed by atoms with Crippen LogP contribution in [0.2, 0.25) is 5.32 Å². The molecule has 1 N–H and O–H groups in total. The van der Waals surface area contributed by atoms with Gasteiger partial charge >= 0.3 is 174 Å². The first kappa shape index (κ1) is 22.7. The third-order valence-corrected chi connectivity index (χ3v) is 8.22. The van der Waals surface area contributed by atoms with E-state index in [1.54, 1.807) is 0 Å². The van der Waals surface area contributed by atoms with Gasteiger partial charge < -0.3 is 0 Å². The van der Waals surface area contributed by atoms with Crippen LogP contribution in [0.1, 0.15) is 60.8 Å². The molecule has 0 radical (unpaired) electrons. The summed E-state index contributed by atoms with van der Waals surface area (Å²) >= 11 is 0.500. The van der Waals surface area contributed by atoms with Crippen molar-refractivity contribution in [2.45, 2.75) is 83.8 Å². The van der Waals surface area contributed by atoms with Gasteiger partial charge in [-0.25, -0.2) is 0 Å². The molecule has 4 atom stereocenters. The fourth-order valence-electron chi connectivity index (χ4n) is 4.76. The summed E-state index contributed by atoms with van der Waals surface area (Å²) in [6.07, 6.45) is 5.54. The van der Waals surface area contributed by atoms with Crippen LogP contribution in [-0.4, -0.2) is 49.2 Å². The van der Waals surface area contributed by atoms with Crippen molar-refractivity contribution in [3.05, 3.63) is 42.0 Å². The van der Waals surface area contributed by atoms with E-state index in [0.29, 0.717) is 32.8 Å². The van der Waals surface area contributed by atoms with Crippen LogP contribution in [0.25, 0.3) is 0 Å². The number of nitrogens with zero attached hydrogens (tertiary/aromatic N) is 1. The minimum atomic E-state index is -0.176. The maximum absolute atomic E-state index is 10.9. The second kappa shape index (κ2) is 10.3. The van der Waals surface area contributed by atoms with Crippen molar-refractivity contribution in [3.63, 3.8) is 0 Å². The van der Waals surface area contributed by atoms with Gasteiger partial charge in [-0.05, 0) is 0 Å². The standard InChI is InChI=1S/C24H39NOSe/c1-18(2)16-20(4)25(14-15-27-21-10-8-7-9-11-21)24(5,6)22-13-12-19(3)17-23(22)26/h7-11,16,19-20,22-23,26H,12-15,17H2,1-6H3/t19?,20-,22?,23?/m0/s1. The van der Waals surface area contributed by atoms with Crippen molar-refractivity contribution >= 4 is 19.4 Å². The molecule has 0 spiro atoms. The van der Waals surface area contributed by atoms with E-state index < -0.39 is 0 Å². The molecule has 0 bridgehead atoms. The van der Waals surface area contributed by atoms with Crippen molar-refractivity contribution < 1.29 is 5.11 Å². The van der Waals surface area contributed by atoms with Gasteiger partial charge in [0.15, 0.2) is 0 Å². The summed E-state index contributed by atoms with van der Waals surface area (Å²) in [4.78, 5) is 2.66. The predicted octanol–water partition coefficient (Wildman–Crippen LogP) is 4.67. The SMILES string of the molecule is CC(C)=C[C@H](C)N(CC[Se]c1ccccc1)C(C)(C)C1CCC(C)CC1O. The second-order valence-corrected chi connectivity index (χ2v) is 11.5. The summed E-state index contributed by atoms with van der Waals surface area (Å²) in [6.45, 7) is 14.8. The normalized spacial score (nSPS) is 24.7. The molecule has 0 amide bonds. The fraction of sp³-hybridized carbons (Fsp3) is 0.667. The van der Waals surface area contributed by atoms with Crippen LogP contribution in [0, 0.1) is 11.8 Å². The second-order valence-electron chi connectivity index (χ2n) is 9.09. The molecule has 152 valence electrons. The summed E-state index contributed by atoms with van der Waals surface area (Å²) < 4.78 is 1.48. The van der Waals surface area contributed by atoms with E-state index in [4.69, 9.17) is 0 Å². The molecule has 1 saturated carbocycles. The Labute approximate surface area is 173 Å². The van der Waals surface area contributed by atoms with E-state index in [9.17, 15) is 5.11 Å². The molecule has 1 aliphatic carbocycles. The average Bonchev–Trinajstić information content (AvgIpc) is 2.58. The molecule has 3 heteroatoms. The Hall–Kier alpha value is -0.601. The van der Waals surface area contributed by atoms with Crippen molar-refractivity contribution in [2.24, 2.45) is 11.8 Å². The monoisotopic (exact) mass is 437 g/mol. The maximum atomic E-state index is 10.9. The third-order valence-electron chi connectivity index (χ3n) is 6.14. The van der Waals surface area contributed by atoms with Gasteiger partial charge in [0.25, 0.3) is 0 Å². The van der Waals surface area contributed by atoms with Crippen LogP contribution in [0.3, 0.4) is 0 Å². The van der Waals surface area contributed by atoms with Crippen LogP contribution in [-0.2, 0) is 0 Å². The van der Waals surface area contributed by atoms with Gasteiger partial charge in [-0.1, -0.05) is 0 Å². The van der Waals surface area contributed by atoms with E-state index in [0.717, 1.165) is 19.4 Å². The number of rotatable bonds is 8. The Kier molecular flexibility index (Phi) is 8.62. The van der Waals surface area contributed by atoms with E-state index in [1.165, 1.54) is 21.8 Å². The molecular formula is C24H39NOSe. The van der Waals surface area contributed by atoms with Gasteiger partial charge in [-0.15, -0.1) is 0 Å². The zero-order chi connectivity index (χ0) is 20.0. The molecule has 1 aliphatic rings. The first-order valence-electron chi connectivity index (χ1n) is 10.5. The number of aliphatic hydroxyl groups is 1. The molecule has 0 aromatic heterocycles. The van der Waals surface area contributed by atoms with Crippen molar-refractivity contribution in [2.75, 3.05) is 6.54 Å². The topological polar surface area (TPSA) is 23.5 Å². The minimum absolute atomic E-state index is 0.00229. The first-order chi connectivity index (χ1) is 12.7. The summed E-state index contributed by atoms with van der Waals surface area (Å²) in [5.41, 5.74) is 1.37. The quantitative estimate of drug-likeness (QED) is 0.473. The molecule has 0 saturated heterocycles. The van der Waals surface area contributed by atoms with Gasteiger partial charge in [-0.2, -0.15) is 0 Å². The third kappa shape index (κ3) is 6.46. The molecule has 1 aromatic carbocycles. The van der Waals surface area contributed by atoms with Crippen molar-refractivity contribution in [3.8, 4) is 0 Å². The van der Waals surface area contributed by atoms with Crippen molar-refractivity contribution in [1.82, 2.24) is 4.90 Å². The summed E-state index contributed by atoms with van der Waals surface area (Å²) in [7, 11) is 0. The molecule has 1 fully saturated rings. The fourth-order valence-corrected chi connectivity index (χ4v) is 6.59. The summed E-state index contributed by atoms with van der Waals surface area (Å²) in [5.74, 6) is 1.00. The zero-order valence-corrected chi connectivity index (χ0v) is 19.8. The van der Waals surface area contributed by atoms with E-state index in [-0.39, 0.29) is 11.6 Å². The van der Waals surface area contributed by atoms with Gasteiger partial charge in [0.05, 0.1) is 0 Å². The Morgan fingerprint density at radius 2 is 1.93 bits per heavy atom. The Bertz CT molecular complexity index is 594. The van der Waals surface area contributed by atoms with E-state index in [1.807, 2.05) is 0 Å². The Morgan fingerprint density at radius 1 is 1.26 bits per heavy atom. The zero-order valence-electron chi connectivity index (χ0n) is 18.1. The molecular weight excluding hydrogens is 397 g/mol. The van der Waals surface area contributed by atoms with Crippen LogP contribution >= 0.6 is 0 Å². The molecule has 0 aliphatic heterocycles. The number of allylic oxidation sites excluding steroid dienone is 1. The van der Waals surface area contributed by atoms with Crippen LogP contribution in [0.5, 0.6) is 0 Å². The molecule has 2 rings (SSSR count). The number of benzene rings is 1. The molecule has 27 heavy (non-hydrogen) atoms. The number of aliphatic hydroxyl groups excluding tert-OH is 1. The van der Waals surface area contributed by atoms with Gasteiger partial charge in [0.1, 0.15) is 0 Å². The average molecular weight is 437 g/mol. The molecule has 1 aromatic rings. The van der Waals surface area contributed by atoms with Crippen molar-refractivity contribution in [1.29, 1.82) is 0 Å². The Balaban J connectivity index is 2.13. The van der Waals surface area contributed by atoms with Crippen LogP contribution < -0.4 is 4.46 Å². The number of hydrogen-bond acceptors (Lipinski definition) is 2. The van der Waals surface area contributed by atoms with E-state index >= 15 is 0 Å². The van der Waals surface area contributed by atoms with E-state index in [2.05, 4.69) is 82.9 Å². The van der Waals surface area contributed by atoms with Gasteiger partial charge in [0.2, 0.25) is 0 Å². The van der Waals surface area contributed by atoms with Gasteiger partial charge in [-0.3, -0.25) is 0 Å². The molecule has 2 nitrogen and oxygen atoms in total. The molecule has 3 unspecified atom stereocenters.